The molecule has 0 aliphatic carbocycles. The highest BCUT2D eigenvalue weighted by Gasteiger charge is 2.24. The van der Waals surface area contributed by atoms with E-state index in [1.165, 1.54) is 6.33 Å². The summed E-state index contributed by atoms with van der Waals surface area (Å²) in [5.74, 6) is -0.103. The van der Waals surface area contributed by atoms with Crippen LogP contribution < -0.4 is 4.90 Å². The van der Waals surface area contributed by atoms with E-state index in [9.17, 15) is 4.79 Å². The van der Waals surface area contributed by atoms with Crippen LogP contribution in [0, 0.1) is 0 Å². The molecule has 2 aromatic heterocycles. The quantitative estimate of drug-likeness (QED) is 0.544. The van der Waals surface area contributed by atoms with Crippen LogP contribution in [0.3, 0.4) is 0 Å². The second-order valence-corrected chi connectivity index (χ2v) is 4.41. The summed E-state index contributed by atoms with van der Waals surface area (Å²) in [6, 6.07) is 0. The fourth-order valence-corrected chi connectivity index (χ4v) is 1.96. The predicted molar refractivity (Wildman–Crippen MR) is 76.6 cm³/mol. The number of carbonyl (C=O) groups excluding carboxylic acids is 1. The highest BCUT2D eigenvalue weighted by molar-refractivity contribution is 6.04. The fraction of sp³-hybridized carbons (Fsp3) is 0.538. The lowest BCUT2D eigenvalue weighted by atomic mass is 10.2. The van der Waals surface area contributed by atoms with Gasteiger partial charge in [0.15, 0.2) is 6.29 Å². The summed E-state index contributed by atoms with van der Waals surface area (Å²) in [4.78, 5) is 21.9. The molecule has 9 heteroatoms. The molecule has 9 nitrogen and oxygen atoms in total. The number of aromatic nitrogens is 3. The fourth-order valence-electron chi connectivity index (χ4n) is 1.96. The van der Waals surface area contributed by atoms with E-state index >= 15 is 0 Å². The van der Waals surface area contributed by atoms with Gasteiger partial charge in [-0.05, 0) is 6.92 Å². The number of likely N-dealkylation sites (N-methyl/N-ethyl adjacent to an activating group) is 1. The molecule has 0 aliphatic heterocycles. The minimum atomic E-state index is -0.583. The van der Waals surface area contributed by atoms with Gasteiger partial charge in [0.05, 0.1) is 13.2 Å². The number of hydrogen-bond donors (Lipinski definition) is 0. The van der Waals surface area contributed by atoms with Gasteiger partial charge in [-0.25, -0.2) is 9.78 Å². The zero-order chi connectivity index (χ0) is 16.1. The summed E-state index contributed by atoms with van der Waals surface area (Å²) in [6.07, 6.45) is 0.893. The molecule has 0 spiro atoms. The van der Waals surface area contributed by atoms with Crippen LogP contribution in [-0.2, 0) is 14.2 Å². The summed E-state index contributed by atoms with van der Waals surface area (Å²) >= 11 is 0. The Kier molecular flexibility index (Phi) is 5.23. The first-order chi connectivity index (χ1) is 10.6. The number of carbonyl (C=O) groups is 1. The lowest BCUT2D eigenvalue weighted by molar-refractivity contribution is -0.0944. The summed E-state index contributed by atoms with van der Waals surface area (Å²) in [5.41, 5.74) is 0.261. The van der Waals surface area contributed by atoms with E-state index < -0.39 is 12.3 Å². The summed E-state index contributed by atoms with van der Waals surface area (Å²) in [6.45, 7) is 2.35. The van der Waals surface area contributed by atoms with Crippen molar-refractivity contribution >= 4 is 22.9 Å². The zero-order valence-corrected chi connectivity index (χ0v) is 12.9. The molecule has 0 fully saturated rings. The van der Waals surface area contributed by atoms with E-state index in [0.717, 1.165) is 0 Å². The van der Waals surface area contributed by atoms with Crippen LogP contribution in [0.1, 0.15) is 17.4 Å². The second-order valence-electron chi connectivity index (χ2n) is 4.41. The first-order valence-electron chi connectivity index (χ1n) is 6.66. The Morgan fingerprint density at radius 1 is 1.36 bits per heavy atom. The molecular formula is C13H18N4O5. The van der Waals surface area contributed by atoms with Crippen LogP contribution in [-0.4, -0.2) is 61.8 Å². The Labute approximate surface area is 127 Å². The van der Waals surface area contributed by atoms with E-state index in [0.29, 0.717) is 17.7 Å². The molecule has 0 aliphatic rings. The lowest BCUT2D eigenvalue weighted by Crippen LogP contribution is -2.32. The van der Waals surface area contributed by atoms with Crippen molar-refractivity contribution < 1.29 is 23.5 Å². The van der Waals surface area contributed by atoms with Gasteiger partial charge in [0, 0.05) is 21.3 Å². The van der Waals surface area contributed by atoms with Gasteiger partial charge in [-0.3, -0.25) is 0 Å². The minimum absolute atomic E-state index is 0.0469. The van der Waals surface area contributed by atoms with Gasteiger partial charge in [-0.2, -0.15) is 4.98 Å². The average Bonchev–Trinajstić information content (AvgIpc) is 2.96. The largest absolute Gasteiger partial charge is 0.461 e. The van der Waals surface area contributed by atoms with Crippen molar-refractivity contribution in [2.45, 2.75) is 13.2 Å². The zero-order valence-electron chi connectivity index (χ0n) is 12.9. The topological polar surface area (TPSA) is 99.8 Å². The van der Waals surface area contributed by atoms with E-state index in [4.69, 9.17) is 18.7 Å². The summed E-state index contributed by atoms with van der Waals surface area (Å²) in [7, 11) is 4.87. The average molecular weight is 310 g/mol. The van der Waals surface area contributed by atoms with E-state index in [2.05, 4.69) is 15.1 Å². The molecule has 22 heavy (non-hydrogen) atoms. The predicted octanol–water partition coefficient (Wildman–Crippen LogP) is 0.850. The Bertz CT molecular complexity index is 640. The van der Waals surface area contributed by atoms with E-state index in [-0.39, 0.29) is 18.0 Å². The van der Waals surface area contributed by atoms with Gasteiger partial charge in [0.1, 0.15) is 17.5 Å². The third-order valence-corrected chi connectivity index (χ3v) is 3.03. The molecule has 0 N–H and O–H groups in total. The number of esters is 1. The van der Waals surface area contributed by atoms with Gasteiger partial charge >= 0.3 is 5.97 Å². The minimum Gasteiger partial charge on any atom is -0.461 e. The highest BCUT2D eigenvalue weighted by Crippen LogP contribution is 2.26. The van der Waals surface area contributed by atoms with Crippen molar-refractivity contribution in [3.63, 3.8) is 0 Å². The third-order valence-electron chi connectivity index (χ3n) is 3.03. The molecule has 0 bridgehead atoms. The Morgan fingerprint density at radius 2 is 2.09 bits per heavy atom. The van der Waals surface area contributed by atoms with Crippen LogP contribution in [0.25, 0.3) is 11.1 Å². The van der Waals surface area contributed by atoms with Crippen molar-refractivity contribution in [1.29, 1.82) is 0 Å². The van der Waals surface area contributed by atoms with E-state index in [1.54, 1.807) is 33.1 Å². The van der Waals surface area contributed by atoms with E-state index in [1.807, 2.05) is 0 Å². The standard InChI is InChI=1S/C13H18N4O5/c1-5-21-13(18)10-9-11(14-7-15-12(9)22-16-10)17(2)6-8(19-3)20-4/h7-8H,5-6H2,1-4H3. The number of hydrogen-bond acceptors (Lipinski definition) is 9. The number of ether oxygens (including phenoxy) is 3. The van der Waals surface area contributed by atoms with Gasteiger partial charge in [0.25, 0.3) is 5.71 Å². The number of methoxy groups -OCH3 is 2. The molecule has 2 aromatic rings. The highest BCUT2D eigenvalue weighted by atomic mass is 16.7. The van der Waals surface area contributed by atoms with Gasteiger partial charge in [-0.15, -0.1) is 0 Å². The maximum atomic E-state index is 12.0. The molecule has 0 saturated heterocycles. The first kappa shape index (κ1) is 16.1. The Balaban J connectivity index is 2.40. The van der Waals surface area contributed by atoms with Crippen LogP contribution in [0.4, 0.5) is 5.82 Å². The summed E-state index contributed by atoms with van der Waals surface area (Å²) in [5, 5.41) is 4.13. The van der Waals surface area contributed by atoms with Crippen molar-refractivity contribution in [2.24, 2.45) is 0 Å². The lowest BCUT2D eigenvalue weighted by Gasteiger charge is -2.23. The Hall–Kier alpha value is -2.26. The van der Waals surface area contributed by atoms with Crippen molar-refractivity contribution in [3.05, 3.63) is 12.0 Å². The first-order valence-corrected chi connectivity index (χ1v) is 6.66. The van der Waals surface area contributed by atoms with Gasteiger partial charge in [-0.1, -0.05) is 5.16 Å². The number of anilines is 1. The molecule has 0 amide bonds. The van der Waals surface area contributed by atoms with Crippen molar-refractivity contribution in [1.82, 2.24) is 15.1 Å². The number of nitrogens with zero attached hydrogens (tertiary/aromatic N) is 4. The molecule has 2 rings (SSSR count). The molecule has 0 saturated carbocycles. The molecule has 0 aromatic carbocycles. The molecule has 120 valence electrons. The maximum absolute atomic E-state index is 12.0. The van der Waals surface area contributed by atoms with Crippen LogP contribution in [0.15, 0.2) is 10.9 Å². The molecular weight excluding hydrogens is 292 g/mol. The van der Waals surface area contributed by atoms with Crippen molar-refractivity contribution in [3.8, 4) is 0 Å². The number of rotatable bonds is 7. The number of fused-ring (bicyclic) bond motifs is 1. The van der Waals surface area contributed by atoms with Crippen LogP contribution in [0.2, 0.25) is 0 Å². The molecule has 0 radical (unpaired) electrons. The third kappa shape index (κ3) is 3.15. The van der Waals surface area contributed by atoms with Crippen molar-refractivity contribution in [2.75, 3.05) is 39.3 Å². The molecule has 0 atom stereocenters. The van der Waals surface area contributed by atoms with Crippen LogP contribution >= 0.6 is 0 Å². The normalized spacial score (nSPS) is 11.1. The molecule has 0 unspecified atom stereocenters. The smallest absolute Gasteiger partial charge is 0.361 e. The van der Waals surface area contributed by atoms with Gasteiger partial charge in [0.2, 0.25) is 5.69 Å². The SMILES string of the molecule is CCOC(=O)c1noc2ncnc(N(C)CC(OC)OC)c12. The van der Waals surface area contributed by atoms with Gasteiger partial charge < -0.3 is 23.6 Å². The van der Waals surface area contributed by atoms with Crippen LogP contribution in [0.5, 0.6) is 0 Å². The monoisotopic (exact) mass is 310 g/mol. The summed E-state index contributed by atoms with van der Waals surface area (Å²) < 4.78 is 20.4. The second kappa shape index (κ2) is 7.14. The molecule has 2 heterocycles. The maximum Gasteiger partial charge on any atom is 0.361 e. The Morgan fingerprint density at radius 3 is 2.73 bits per heavy atom.